The summed E-state index contributed by atoms with van der Waals surface area (Å²) in [6.45, 7) is 5.92. The van der Waals surface area contributed by atoms with Crippen LogP contribution in [-0.4, -0.2) is 16.7 Å². The van der Waals surface area contributed by atoms with Gasteiger partial charge in [-0.05, 0) is 75.1 Å². The van der Waals surface area contributed by atoms with E-state index in [4.69, 9.17) is 0 Å². The van der Waals surface area contributed by atoms with Gasteiger partial charge in [0, 0.05) is 5.54 Å². The predicted molar refractivity (Wildman–Crippen MR) is 76.1 cm³/mol. The lowest BCUT2D eigenvalue weighted by atomic mass is 9.82. The molecule has 0 saturated carbocycles. The number of fused-ring (bicyclic) bond motifs is 2. The molecule has 0 aliphatic heterocycles. The van der Waals surface area contributed by atoms with E-state index in [0.29, 0.717) is 0 Å². The van der Waals surface area contributed by atoms with Crippen LogP contribution < -0.4 is 4.90 Å². The number of rotatable bonds is 1. The highest BCUT2D eigenvalue weighted by atomic mass is 16.4. The van der Waals surface area contributed by atoms with Crippen molar-refractivity contribution >= 4 is 11.8 Å². The van der Waals surface area contributed by atoms with Crippen LogP contribution in [0.4, 0.5) is 10.5 Å². The summed E-state index contributed by atoms with van der Waals surface area (Å²) in [7, 11) is 0. The second kappa shape index (κ2) is 3.99. The second-order valence-corrected chi connectivity index (χ2v) is 6.64. The number of benzene rings is 1. The molecule has 3 heteroatoms. The van der Waals surface area contributed by atoms with Gasteiger partial charge in [-0.1, -0.05) is 6.07 Å². The van der Waals surface area contributed by atoms with Gasteiger partial charge in [0.25, 0.3) is 0 Å². The first-order chi connectivity index (χ1) is 8.89. The van der Waals surface area contributed by atoms with Gasteiger partial charge in [-0.25, -0.2) is 4.79 Å². The van der Waals surface area contributed by atoms with Gasteiger partial charge in [0.15, 0.2) is 0 Å². The molecule has 102 valence electrons. The average molecular weight is 259 g/mol. The van der Waals surface area contributed by atoms with E-state index in [1.807, 2.05) is 20.8 Å². The second-order valence-electron chi connectivity index (χ2n) is 6.64. The highest BCUT2D eigenvalue weighted by Crippen LogP contribution is 2.43. The molecule has 0 saturated heterocycles. The van der Waals surface area contributed by atoms with Gasteiger partial charge >= 0.3 is 6.09 Å². The van der Waals surface area contributed by atoms with E-state index in [-0.39, 0.29) is 0 Å². The number of carbonyl (C=O) groups is 1. The van der Waals surface area contributed by atoms with Gasteiger partial charge in [0.1, 0.15) is 0 Å². The predicted octanol–water partition coefficient (Wildman–Crippen LogP) is 3.56. The van der Waals surface area contributed by atoms with Crippen LogP contribution >= 0.6 is 0 Å². The largest absolute Gasteiger partial charge is 0.465 e. The Morgan fingerprint density at radius 2 is 1.74 bits per heavy atom. The van der Waals surface area contributed by atoms with Crippen molar-refractivity contribution in [1.82, 2.24) is 0 Å². The molecule has 1 aromatic rings. The molecule has 3 nitrogen and oxygen atoms in total. The van der Waals surface area contributed by atoms with Gasteiger partial charge in [0.05, 0.1) is 5.69 Å². The van der Waals surface area contributed by atoms with Gasteiger partial charge in [0.2, 0.25) is 0 Å². The van der Waals surface area contributed by atoms with Crippen LogP contribution in [0.3, 0.4) is 0 Å². The number of nitrogens with zero attached hydrogens (tertiary/aromatic N) is 1. The number of hydrogen-bond donors (Lipinski definition) is 1. The molecular formula is C16H21NO2. The summed E-state index contributed by atoms with van der Waals surface area (Å²) < 4.78 is 0. The topological polar surface area (TPSA) is 40.5 Å². The van der Waals surface area contributed by atoms with E-state index in [1.165, 1.54) is 22.3 Å². The molecule has 0 atom stereocenters. The first-order valence-electron chi connectivity index (χ1n) is 7.09. The molecule has 0 fully saturated rings. The van der Waals surface area contributed by atoms with E-state index in [2.05, 4.69) is 6.07 Å². The molecular weight excluding hydrogens is 238 g/mol. The van der Waals surface area contributed by atoms with Crippen LogP contribution in [0.1, 0.15) is 49.4 Å². The lowest BCUT2D eigenvalue weighted by Crippen LogP contribution is -2.46. The van der Waals surface area contributed by atoms with Gasteiger partial charge in [-0.2, -0.15) is 0 Å². The molecule has 0 heterocycles. The third-order valence-corrected chi connectivity index (χ3v) is 4.30. The fourth-order valence-electron chi connectivity index (χ4n) is 3.40. The van der Waals surface area contributed by atoms with Crippen LogP contribution in [-0.2, 0) is 25.7 Å². The first kappa shape index (κ1) is 12.5. The minimum absolute atomic E-state index is 0.396. The van der Waals surface area contributed by atoms with Crippen molar-refractivity contribution in [1.29, 1.82) is 0 Å². The molecule has 1 aromatic carbocycles. The summed E-state index contributed by atoms with van der Waals surface area (Å²) in [5.41, 5.74) is 5.92. The minimum atomic E-state index is -0.832. The summed E-state index contributed by atoms with van der Waals surface area (Å²) in [5, 5.41) is 9.66. The van der Waals surface area contributed by atoms with Crippen molar-refractivity contribution in [2.75, 3.05) is 4.90 Å². The van der Waals surface area contributed by atoms with E-state index < -0.39 is 11.6 Å². The Labute approximate surface area is 114 Å². The molecule has 19 heavy (non-hydrogen) atoms. The van der Waals surface area contributed by atoms with Gasteiger partial charge in [-0.3, -0.25) is 4.90 Å². The lowest BCUT2D eigenvalue weighted by molar-refractivity contribution is 0.195. The summed E-state index contributed by atoms with van der Waals surface area (Å²) in [5.74, 6) is 0. The quantitative estimate of drug-likeness (QED) is 0.837. The molecule has 1 N–H and O–H groups in total. The van der Waals surface area contributed by atoms with Gasteiger partial charge < -0.3 is 5.11 Å². The maximum atomic E-state index is 11.8. The molecule has 2 aliphatic rings. The highest BCUT2D eigenvalue weighted by molar-refractivity contribution is 5.91. The summed E-state index contributed by atoms with van der Waals surface area (Å²) in [4.78, 5) is 13.4. The maximum Gasteiger partial charge on any atom is 0.412 e. The van der Waals surface area contributed by atoms with E-state index >= 15 is 0 Å². The highest BCUT2D eigenvalue weighted by Gasteiger charge is 2.36. The Morgan fingerprint density at radius 1 is 1.11 bits per heavy atom. The van der Waals surface area contributed by atoms with E-state index in [0.717, 1.165) is 37.8 Å². The SMILES string of the molecule is CC(C)(C)N(C(=O)O)c1c2c(cc3c1CC3)CCC2. The summed E-state index contributed by atoms with van der Waals surface area (Å²) in [6.07, 6.45) is 4.58. The Balaban J connectivity index is 2.22. The number of carboxylic acid groups (broad SMARTS) is 1. The molecule has 3 rings (SSSR count). The van der Waals surface area contributed by atoms with E-state index in [9.17, 15) is 9.90 Å². The molecule has 0 aromatic heterocycles. The zero-order chi connectivity index (χ0) is 13.8. The number of hydrogen-bond acceptors (Lipinski definition) is 1. The van der Waals surface area contributed by atoms with Crippen molar-refractivity contribution in [3.8, 4) is 0 Å². The summed E-state index contributed by atoms with van der Waals surface area (Å²) >= 11 is 0. The van der Waals surface area contributed by atoms with Crippen LogP contribution in [0.15, 0.2) is 6.07 Å². The molecule has 1 amide bonds. The van der Waals surface area contributed by atoms with Crippen molar-refractivity contribution in [2.45, 2.75) is 58.4 Å². The molecule has 0 unspecified atom stereocenters. The standard InChI is InChI=1S/C16H21NO2/c1-16(2,3)17(15(18)19)14-12-6-4-5-10(12)9-11-7-8-13(11)14/h9H,4-8H2,1-3H3,(H,18,19). The fraction of sp³-hybridized carbons (Fsp3) is 0.562. The van der Waals surface area contributed by atoms with Crippen molar-refractivity contribution < 1.29 is 9.90 Å². The Hall–Kier alpha value is -1.51. The molecule has 0 spiro atoms. The third kappa shape index (κ3) is 1.83. The molecule has 2 aliphatic carbocycles. The zero-order valence-electron chi connectivity index (χ0n) is 11.9. The smallest absolute Gasteiger partial charge is 0.412 e. The molecule has 0 radical (unpaired) electrons. The van der Waals surface area contributed by atoms with Crippen molar-refractivity contribution in [2.24, 2.45) is 0 Å². The van der Waals surface area contributed by atoms with Crippen LogP contribution in [0.25, 0.3) is 0 Å². The fourth-order valence-corrected chi connectivity index (χ4v) is 3.40. The summed E-state index contributed by atoms with van der Waals surface area (Å²) in [6, 6.07) is 2.31. The van der Waals surface area contributed by atoms with E-state index in [1.54, 1.807) is 4.90 Å². The zero-order valence-corrected chi connectivity index (χ0v) is 11.9. The number of amides is 1. The Kier molecular flexibility index (Phi) is 2.63. The number of aryl methyl sites for hydroxylation is 2. The van der Waals surface area contributed by atoms with Crippen molar-refractivity contribution in [3.05, 3.63) is 28.3 Å². The Morgan fingerprint density at radius 3 is 2.26 bits per heavy atom. The molecule has 0 bridgehead atoms. The maximum absolute atomic E-state index is 11.8. The normalized spacial score (nSPS) is 16.6. The number of anilines is 1. The van der Waals surface area contributed by atoms with Crippen molar-refractivity contribution in [3.63, 3.8) is 0 Å². The van der Waals surface area contributed by atoms with Crippen LogP contribution in [0.2, 0.25) is 0 Å². The lowest BCUT2D eigenvalue weighted by Gasteiger charge is -2.38. The monoisotopic (exact) mass is 259 g/mol. The minimum Gasteiger partial charge on any atom is -0.465 e. The third-order valence-electron chi connectivity index (χ3n) is 4.30. The van der Waals surface area contributed by atoms with Crippen LogP contribution in [0.5, 0.6) is 0 Å². The van der Waals surface area contributed by atoms with Gasteiger partial charge in [-0.15, -0.1) is 0 Å². The average Bonchev–Trinajstić information content (AvgIpc) is 2.67. The Bertz CT molecular complexity index is 555. The first-order valence-corrected chi connectivity index (χ1v) is 7.09. The van der Waals surface area contributed by atoms with Crippen LogP contribution in [0, 0.1) is 0 Å².